The van der Waals surface area contributed by atoms with Crippen LogP contribution in [0.3, 0.4) is 0 Å². The fraction of sp³-hybridized carbons (Fsp3) is 0.414. The molecule has 1 saturated heterocycles. The largest absolute Gasteiger partial charge is 0.493 e. The Morgan fingerprint density at radius 3 is 2.66 bits per heavy atom. The molecule has 184 valence electrons. The van der Waals surface area contributed by atoms with Crippen molar-refractivity contribution in [2.45, 2.75) is 46.5 Å². The van der Waals surface area contributed by atoms with Crippen LogP contribution >= 0.6 is 11.6 Å². The number of nitrogens with zero attached hydrogens (tertiary/aromatic N) is 2. The molecule has 0 N–H and O–H groups in total. The number of halogens is 1. The third kappa shape index (κ3) is 4.79. The van der Waals surface area contributed by atoms with Crippen LogP contribution in [0.25, 0.3) is 16.5 Å². The van der Waals surface area contributed by atoms with Crippen LogP contribution in [0.4, 0.5) is 5.69 Å². The summed E-state index contributed by atoms with van der Waals surface area (Å²) in [6, 6.07) is 10.1. The van der Waals surface area contributed by atoms with E-state index in [0.717, 1.165) is 70.3 Å². The summed E-state index contributed by atoms with van der Waals surface area (Å²) in [5, 5.41) is 1.90. The number of carbonyl (C=O) groups is 1. The topological polar surface area (TPSA) is 45.9 Å². The number of benzene rings is 2. The maximum absolute atomic E-state index is 13.2. The molecule has 6 heteroatoms. The van der Waals surface area contributed by atoms with E-state index in [-0.39, 0.29) is 5.91 Å². The first-order valence-electron chi connectivity index (χ1n) is 12.6. The van der Waals surface area contributed by atoms with Crippen molar-refractivity contribution in [1.29, 1.82) is 0 Å². The van der Waals surface area contributed by atoms with E-state index in [4.69, 9.17) is 20.8 Å². The van der Waals surface area contributed by atoms with E-state index in [9.17, 15) is 4.79 Å². The summed E-state index contributed by atoms with van der Waals surface area (Å²) < 4.78 is 12.1. The van der Waals surface area contributed by atoms with E-state index in [0.29, 0.717) is 19.7 Å². The third-order valence-electron chi connectivity index (χ3n) is 7.23. The van der Waals surface area contributed by atoms with Gasteiger partial charge in [0.2, 0.25) is 5.91 Å². The van der Waals surface area contributed by atoms with Gasteiger partial charge in [-0.2, -0.15) is 0 Å². The molecule has 3 aromatic rings. The van der Waals surface area contributed by atoms with Crippen molar-refractivity contribution in [3.8, 4) is 5.75 Å². The van der Waals surface area contributed by atoms with Crippen molar-refractivity contribution in [3.05, 3.63) is 63.9 Å². The zero-order chi connectivity index (χ0) is 24.5. The molecule has 0 spiro atoms. The molecule has 5 rings (SSSR count). The molecule has 2 aromatic carbocycles. The number of fused-ring (bicyclic) bond motifs is 3. The van der Waals surface area contributed by atoms with Crippen LogP contribution in [-0.4, -0.2) is 43.6 Å². The van der Waals surface area contributed by atoms with Crippen molar-refractivity contribution < 1.29 is 13.9 Å². The summed E-state index contributed by atoms with van der Waals surface area (Å²) in [5.74, 6) is 1.92. The summed E-state index contributed by atoms with van der Waals surface area (Å²) >= 11 is 6.22. The van der Waals surface area contributed by atoms with E-state index in [1.54, 1.807) is 6.08 Å². The fourth-order valence-electron chi connectivity index (χ4n) is 5.32. The Bertz CT molecular complexity index is 1280. The zero-order valence-corrected chi connectivity index (χ0v) is 21.6. The number of furan rings is 1. The van der Waals surface area contributed by atoms with Crippen molar-refractivity contribution in [2.75, 3.05) is 37.7 Å². The first-order valence-corrected chi connectivity index (χ1v) is 13.0. The first-order chi connectivity index (χ1) is 16.9. The van der Waals surface area contributed by atoms with Gasteiger partial charge in [0.25, 0.3) is 0 Å². The molecular formula is C29H33ClN2O3. The van der Waals surface area contributed by atoms with Gasteiger partial charge in [-0.15, -0.1) is 0 Å². The van der Waals surface area contributed by atoms with Gasteiger partial charge in [0.1, 0.15) is 17.1 Å². The van der Waals surface area contributed by atoms with Crippen LogP contribution < -0.4 is 9.64 Å². The zero-order valence-electron chi connectivity index (χ0n) is 20.8. The Kier molecular flexibility index (Phi) is 6.79. The number of hydrogen-bond donors (Lipinski definition) is 0. The maximum atomic E-state index is 13.2. The average molecular weight is 493 g/mol. The van der Waals surface area contributed by atoms with Crippen molar-refractivity contribution in [2.24, 2.45) is 0 Å². The SMILES string of the molecule is CCOc1cc2oc3c(c2cc1/C(C)=C/C(=O)N1CCN(c2cc(Cl)ccc2C)CC1)CCCC3. The van der Waals surface area contributed by atoms with Crippen LogP contribution in [0.1, 0.15) is 49.1 Å². The summed E-state index contributed by atoms with van der Waals surface area (Å²) in [6.45, 7) is 9.58. The number of rotatable bonds is 5. The highest BCUT2D eigenvalue weighted by atomic mass is 35.5. The average Bonchev–Trinajstić information content (AvgIpc) is 3.22. The summed E-state index contributed by atoms with van der Waals surface area (Å²) in [4.78, 5) is 17.5. The molecule has 0 saturated carbocycles. The number of amides is 1. The van der Waals surface area contributed by atoms with Gasteiger partial charge in [-0.05, 0) is 69.4 Å². The van der Waals surface area contributed by atoms with Gasteiger partial charge in [-0.3, -0.25) is 4.79 Å². The molecule has 1 aliphatic heterocycles. The number of ether oxygens (including phenoxy) is 1. The molecule has 1 fully saturated rings. The van der Waals surface area contributed by atoms with E-state index in [2.05, 4.69) is 17.9 Å². The van der Waals surface area contributed by atoms with Gasteiger partial charge >= 0.3 is 0 Å². The summed E-state index contributed by atoms with van der Waals surface area (Å²) in [7, 11) is 0. The molecule has 0 unspecified atom stereocenters. The lowest BCUT2D eigenvalue weighted by molar-refractivity contribution is -0.126. The van der Waals surface area contributed by atoms with Crippen molar-refractivity contribution in [1.82, 2.24) is 4.90 Å². The van der Waals surface area contributed by atoms with Crippen LogP contribution in [0.15, 0.2) is 40.8 Å². The minimum Gasteiger partial charge on any atom is -0.493 e. The predicted octanol–water partition coefficient (Wildman–Crippen LogP) is 6.42. The van der Waals surface area contributed by atoms with Crippen molar-refractivity contribution >= 4 is 39.7 Å². The maximum Gasteiger partial charge on any atom is 0.246 e. The molecule has 1 aliphatic carbocycles. The Labute approximate surface area is 212 Å². The molecule has 2 heterocycles. The van der Waals surface area contributed by atoms with Gasteiger partial charge in [-0.1, -0.05) is 17.7 Å². The highest BCUT2D eigenvalue weighted by Crippen LogP contribution is 2.38. The molecule has 0 bridgehead atoms. The van der Waals surface area contributed by atoms with Crippen molar-refractivity contribution in [3.63, 3.8) is 0 Å². The number of hydrogen-bond acceptors (Lipinski definition) is 4. The van der Waals surface area contributed by atoms with Crippen LogP contribution in [0.5, 0.6) is 5.75 Å². The van der Waals surface area contributed by atoms with Gasteiger partial charge < -0.3 is 19.0 Å². The highest BCUT2D eigenvalue weighted by molar-refractivity contribution is 6.30. The van der Waals surface area contributed by atoms with Crippen LogP contribution in [0, 0.1) is 6.92 Å². The van der Waals surface area contributed by atoms with Gasteiger partial charge in [0.05, 0.1) is 6.61 Å². The number of aryl methyl sites for hydroxylation is 3. The Morgan fingerprint density at radius 1 is 1.11 bits per heavy atom. The molecular weight excluding hydrogens is 460 g/mol. The molecule has 1 amide bonds. The molecule has 35 heavy (non-hydrogen) atoms. The number of carbonyl (C=O) groups excluding carboxylic acids is 1. The van der Waals surface area contributed by atoms with Gasteiger partial charge in [0, 0.05) is 72.0 Å². The van der Waals surface area contributed by atoms with E-state index in [1.165, 1.54) is 24.0 Å². The molecule has 2 aliphatic rings. The van der Waals surface area contributed by atoms with E-state index in [1.807, 2.05) is 43.0 Å². The van der Waals surface area contributed by atoms with Gasteiger partial charge in [0.15, 0.2) is 0 Å². The highest BCUT2D eigenvalue weighted by Gasteiger charge is 2.23. The lowest BCUT2D eigenvalue weighted by Gasteiger charge is -2.36. The second-order valence-electron chi connectivity index (χ2n) is 9.56. The first kappa shape index (κ1) is 23.8. The monoisotopic (exact) mass is 492 g/mol. The minimum absolute atomic E-state index is 0.0433. The number of allylic oxidation sites excluding steroid dienone is 1. The molecule has 5 nitrogen and oxygen atoms in total. The standard InChI is InChI=1S/C29H33ClN2O3/c1-4-34-27-18-28-24(22-7-5-6-8-26(22)35-28)17-23(27)20(3)15-29(33)32-13-11-31(12-14-32)25-16-21(30)10-9-19(25)2/h9-10,15-18H,4-8,11-14H2,1-3H3/b20-15+. The Balaban J connectivity index is 1.36. The normalized spacial score (nSPS) is 16.5. The van der Waals surface area contributed by atoms with Crippen LogP contribution in [0.2, 0.25) is 5.02 Å². The quantitative estimate of drug-likeness (QED) is 0.385. The Morgan fingerprint density at radius 2 is 1.89 bits per heavy atom. The number of piperazine rings is 1. The predicted molar refractivity (Wildman–Crippen MR) is 143 cm³/mol. The smallest absolute Gasteiger partial charge is 0.246 e. The molecule has 1 aromatic heterocycles. The second-order valence-corrected chi connectivity index (χ2v) is 10.00. The fourth-order valence-corrected chi connectivity index (χ4v) is 5.48. The third-order valence-corrected chi connectivity index (χ3v) is 7.46. The van der Waals surface area contributed by atoms with E-state index < -0.39 is 0 Å². The lowest BCUT2D eigenvalue weighted by Crippen LogP contribution is -2.48. The van der Waals surface area contributed by atoms with E-state index >= 15 is 0 Å². The second kappa shape index (κ2) is 9.98. The number of anilines is 1. The summed E-state index contributed by atoms with van der Waals surface area (Å²) in [5.41, 5.74) is 6.44. The molecule has 0 radical (unpaired) electrons. The molecule has 0 atom stereocenters. The van der Waals surface area contributed by atoms with Gasteiger partial charge in [-0.25, -0.2) is 0 Å². The Hall–Kier alpha value is -2.92. The van der Waals surface area contributed by atoms with Crippen LogP contribution in [-0.2, 0) is 17.6 Å². The minimum atomic E-state index is 0.0433. The summed E-state index contributed by atoms with van der Waals surface area (Å²) in [6.07, 6.45) is 6.18. The lowest BCUT2D eigenvalue weighted by atomic mass is 9.94.